The molecule has 0 bridgehead atoms. The first-order chi connectivity index (χ1) is 9.29. The summed E-state index contributed by atoms with van der Waals surface area (Å²) >= 11 is 0. The van der Waals surface area contributed by atoms with Crippen molar-refractivity contribution in [3.05, 3.63) is 53.8 Å². The lowest BCUT2D eigenvalue weighted by molar-refractivity contribution is 0.101. The van der Waals surface area contributed by atoms with E-state index in [1.165, 1.54) is 6.92 Å². The topological polar surface area (TPSA) is 77.2 Å². The van der Waals surface area contributed by atoms with E-state index in [1.54, 1.807) is 24.3 Å². The molecule has 2 aromatic rings. The van der Waals surface area contributed by atoms with Crippen LogP contribution in [-0.2, 0) is 10.0 Å². The number of hydrogen-bond acceptors (Lipinski definition) is 3. The second kappa shape index (κ2) is 5.15. The molecule has 4 nitrogen and oxygen atoms in total. The van der Waals surface area contributed by atoms with E-state index >= 15 is 0 Å². The van der Waals surface area contributed by atoms with Crippen molar-refractivity contribution in [1.29, 1.82) is 0 Å². The summed E-state index contributed by atoms with van der Waals surface area (Å²) < 4.78 is 36.4. The number of Topliss-reactive ketones (excluding diaryl/α,β-unsaturated/α-hetero) is 1. The Hall–Kier alpha value is -2.05. The maximum atomic E-state index is 13.3. The van der Waals surface area contributed by atoms with Gasteiger partial charge in [0.15, 0.2) is 5.78 Å². The molecule has 0 saturated heterocycles. The van der Waals surface area contributed by atoms with Crippen molar-refractivity contribution in [2.75, 3.05) is 0 Å². The number of rotatable bonds is 3. The number of sulfonamides is 1. The molecule has 0 heterocycles. The summed E-state index contributed by atoms with van der Waals surface area (Å²) in [5.74, 6) is -0.675. The van der Waals surface area contributed by atoms with E-state index in [4.69, 9.17) is 5.14 Å². The average molecular weight is 293 g/mol. The molecule has 0 aliphatic rings. The van der Waals surface area contributed by atoms with Gasteiger partial charge >= 0.3 is 0 Å². The fraction of sp³-hybridized carbons (Fsp3) is 0.0714. The Kier molecular flexibility index (Phi) is 3.69. The van der Waals surface area contributed by atoms with Gasteiger partial charge in [-0.15, -0.1) is 0 Å². The SMILES string of the molecule is CC(=O)c1ccc(-c2cc(F)ccc2S(N)(=O)=O)cc1. The lowest BCUT2D eigenvalue weighted by atomic mass is 10.0. The smallest absolute Gasteiger partial charge is 0.238 e. The van der Waals surface area contributed by atoms with Crippen LogP contribution in [0.15, 0.2) is 47.4 Å². The van der Waals surface area contributed by atoms with E-state index in [9.17, 15) is 17.6 Å². The Labute approximate surface area is 116 Å². The summed E-state index contributed by atoms with van der Waals surface area (Å²) in [6.45, 7) is 1.42. The van der Waals surface area contributed by atoms with Crippen LogP contribution in [0.2, 0.25) is 0 Å². The molecule has 0 amide bonds. The van der Waals surface area contributed by atoms with Crippen molar-refractivity contribution in [3.8, 4) is 11.1 Å². The van der Waals surface area contributed by atoms with Gasteiger partial charge < -0.3 is 0 Å². The zero-order valence-electron chi connectivity index (χ0n) is 10.6. The number of carbonyl (C=O) groups excluding carboxylic acids is 1. The van der Waals surface area contributed by atoms with Gasteiger partial charge in [0.05, 0.1) is 4.90 Å². The van der Waals surface area contributed by atoms with Crippen molar-refractivity contribution >= 4 is 15.8 Å². The second-order valence-corrected chi connectivity index (χ2v) is 5.85. The molecule has 2 rings (SSSR count). The normalized spacial score (nSPS) is 11.3. The number of ketones is 1. The van der Waals surface area contributed by atoms with Gasteiger partial charge in [0, 0.05) is 11.1 Å². The van der Waals surface area contributed by atoms with Crippen LogP contribution in [0, 0.1) is 5.82 Å². The molecule has 2 N–H and O–H groups in total. The quantitative estimate of drug-likeness (QED) is 0.882. The van der Waals surface area contributed by atoms with Gasteiger partial charge in [-0.2, -0.15) is 0 Å². The number of carbonyl (C=O) groups is 1. The van der Waals surface area contributed by atoms with Gasteiger partial charge in [0.2, 0.25) is 10.0 Å². The molecule has 6 heteroatoms. The van der Waals surface area contributed by atoms with Gasteiger partial charge in [-0.3, -0.25) is 4.79 Å². The first-order valence-electron chi connectivity index (χ1n) is 5.73. The minimum atomic E-state index is -3.96. The molecule has 104 valence electrons. The predicted octanol–water partition coefficient (Wildman–Crippen LogP) is 2.34. The molecule has 0 spiro atoms. The highest BCUT2D eigenvalue weighted by Gasteiger charge is 2.16. The van der Waals surface area contributed by atoms with Crippen LogP contribution in [0.4, 0.5) is 4.39 Å². The van der Waals surface area contributed by atoms with E-state index in [0.717, 1.165) is 18.2 Å². The maximum Gasteiger partial charge on any atom is 0.238 e. The lowest BCUT2D eigenvalue weighted by Gasteiger charge is -2.08. The lowest BCUT2D eigenvalue weighted by Crippen LogP contribution is -2.13. The largest absolute Gasteiger partial charge is 0.295 e. The van der Waals surface area contributed by atoms with Crippen LogP contribution in [0.25, 0.3) is 11.1 Å². The Bertz CT molecular complexity index is 768. The Balaban J connectivity index is 2.62. The first-order valence-corrected chi connectivity index (χ1v) is 7.27. The second-order valence-electron chi connectivity index (χ2n) is 4.32. The molecule has 0 aliphatic heterocycles. The van der Waals surface area contributed by atoms with Gasteiger partial charge in [-0.1, -0.05) is 24.3 Å². The van der Waals surface area contributed by atoms with Crippen molar-refractivity contribution in [2.24, 2.45) is 5.14 Å². The fourth-order valence-corrected chi connectivity index (χ4v) is 2.60. The summed E-state index contributed by atoms with van der Waals surface area (Å²) in [7, 11) is -3.96. The molecule has 0 saturated carbocycles. The van der Waals surface area contributed by atoms with Crippen LogP contribution >= 0.6 is 0 Å². The van der Waals surface area contributed by atoms with Crippen LogP contribution < -0.4 is 5.14 Å². The highest BCUT2D eigenvalue weighted by Crippen LogP contribution is 2.27. The number of halogens is 1. The van der Waals surface area contributed by atoms with E-state index in [1.807, 2.05) is 0 Å². The Morgan fingerprint density at radius 3 is 2.20 bits per heavy atom. The van der Waals surface area contributed by atoms with Gasteiger partial charge in [-0.25, -0.2) is 17.9 Å². The summed E-state index contributed by atoms with van der Waals surface area (Å²) in [5.41, 5.74) is 1.13. The van der Waals surface area contributed by atoms with Crippen molar-refractivity contribution in [3.63, 3.8) is 0 Å². The molecule has 0 aliphatic carbocycles. The minimum absolute atomic E-state index is 0.109. The van der Waals surface area contributed by atoms with E-state index in [2.05, 4.69) is 0 Å². The monoisotopic (exact) mass is 293 g/mol. The van der Waals surface area contributed by atoms with Crippen molar-refractivity contribution < 1.29 is 17.6 Å². The molecule has 0 aromatic heterocycles. The molecular formula is C14H12FNO3S. The fourth-order valence-electron chi connectivity index (χ4n) is 1.86. The first kappa shape index (κ1) is 14.4. The van der Waals surface area contributed by atoms with Crippen molar-refractivity contribution in [1.82, 2.24) is 0 Å². The molecule has 20 heavy (non-hydrogen) atoms. The average Bonchev–Trinajstić information content (AvgIpc) is 2.37. The minimum Gasteiger partial charge on any atom is -0.295 e. The summed E-state index contributed by atoms with van der Waals surface area (Å²) in [6.07, 6.45) is 0. The molecular weight excluding hydrogens is 281 g/mol. The zero-order chi connectivity index (χ0) is 14.9. The van der Waals surface area contributed by atoms with Crippen molar-refractivity contribution in [2.45, 2.75) is 11.8 Å². The number of benzene rings is 2. The third-order valence-corrected chi connectivity index (χ3v) is 3.82. The Morgan fingerprint density at radius 1 is 1.10 bits per heavy atom. The van der Waals surface area contributed by atoms with Crippen LogP contribution in [0.3, 0.4) is 0 Å². The Morgan fingerprint density at radius 2 is 1.70 bits per heavy atom. The van der Waals surface area contributed by atoms with E-state index in [0.29, 0.717) is 11.1 Å². The zero-order valence-corrected chi connectivity index (χ0v) is 11.4. The third-order valence-electron chi connectivity index (χ3n) is 2.85. The molecule has 2 aromatic carbocycles. The van der Waals surface area contributed by atoms with E-state index < -0.39 is 15.8 Å². The maximum absolute atomic E-state index is 13.3. The molecule has 0 fully saturated rings. The third kappa shape index (κ3) is 2.92. The van der Waals surface area contributed by atoms with Crippen LogP contribution in [0.5, 0.6) is 0 Å². The summed E-state index contributed by atoms with van der Waals surface area (Å²) in [6, 6.07) is 9.47. The van der Waals surface area contributed by atoms with Crippen LogP contribution in [0.1, 0.15) is 17.3 Å². The van der Waals surface area contributed by atoms with Crippen LogP contribution in [-0.4, -0.2) is 14.2 Å². The standard InChI is InChI=1S/C14H12FNO3S/c1-9(17)10-2-4-11(5-3-10)13-8-12(15)6-7-14(13)20(16,18)19/h2-8H,1H3,(H2,16,18,19). The number of nitrogens with two attached hydrogens (primary N) is 1. The number of primary sulfonamides is 1. The predicted molar refractivity (Wildman–Crippen MR) is 73.2 cm³/mol. The van der Waals surface area contributed by atoms with Gasteiger partial charge in [-0.05, 0) is 30.7 Å². The van der Waals surface area contributed by atoms with E-state index in [-0.39, 0.29) is 16.2 Å². The molecule has 0 radical (unpaired) electrons. The highest BCUT2D eigenvalue weighted by atomic mass is 32.2. The number of hydrogen-bond donors (Lipinski definition) is 1. The van der Waals surface area contributed by atoms with Gasteiger partial charge in [0.25, 0.3) is 0 Å². The molecule has 0 atom stereocenters. The highest BCUT2D eigenvalue weighted by molar-refractivity contribution is 7.89. The molecule has 0 unspecified atom stereocenters. The summed E-state index contributed by atoms with van der Waals surface area (Å²) in [4.78, 5) is 11.0. The van der Waals surface area contributed by atoms with Gasteiger partial charge in [0.1, 0.15) is 5.82 Å². The summed E-state index contributed by atoms with van der Waals surface area (Å²) in [5, 5.41) is 5.12.